The van der Waals surface area contributed by atoms with E-state index in [4.69, 9.17) is 10.2 Å². The molecule has 6 nitrogen and oxygen atoms in total. The number of thioether (sulfide) groups is 1. The number of hydrogen-bond donors (Lipinski definition) is 3. The van der Waals surface area contributed by atoms with Crippen molar-refractivity contribution in [1.82, 2.24) is 5.32 Å². The molecule has 0 aliphatic heterocycles. The van der Waals surface area contributed by atoms with Crippen LogP contribution >= 0.6 is 11.8 Å². The lowest BCUT2D eigenvalue weighted by Gasteiger charge is -2.07. The van der Waals surface area contributed by atoms with Gasteiger partial charge in [0.05, 0.1) is 0 Å². The molecule has 1 unspecified atom stereocenters. The van der Waals surface area contributed by atoms with Gasteiger partial charge in [0.15, 0.2) is 0 Å². The van der Waals surface area contributed by atoms with Crippen LogP contribution in [-0.2, 0) is 14.4 Å². The number of rotatable bonds is 7. The molecule has 0 spiro atoms. The van der Waals surface area contributed by atoms with Gasteiger partial charge in [-0.05, 0) is 5.41 Å². The number of amides is 1. The molecule has 1 atom stereocenters. The van der Waals surface area contributed by atoms with Crippen LogP contribution in [0.3, 0.4) is 0 Å². The summed E-state index contributed by atoms with van der Waals surface area (Å²) in [4.78, 5) is 30.4. The molecule has 78 valence electrons. The SMILES string of the molecule is O=CNC(CS/C=C/C(=O)O)C(=O)O. The molecule has 3 N–H and O–H groups in total. The summed E-state index contributed by atoms with van der Waals surface area (Å²) in [7, 11) is 0. The zero-order valence-electron chi connectivity index (χ0n) is 7.04. The van der Waals surface area contributed by atoms with Crippen LogP contribution in [0, 0.1) is 0 Å². The average molecular weight is 219 g/mol. The van der Waals surface area contributed by atoms with Gasteiger partial charge in [0.2, 0.25) is 6.41 Å². The Morgan fingerprint density at radius 2 is 2.07 bits per heavy atom. The smallest absolute Gasteiger partial charge is 0.328 e. The maximum Gasteiger partial charge on any atom is 0.328 e. The van der Waals surface area contributed by atoms with Crippen LogP contribution in [0.2, 0.25) is 0 Å². The normalized spacial score (nSPS) is 12.3. The summed E-state index contributed by atoms with van der Waals surface area (Å²) in [6.07, 6.45) is 1.19. The van der Waals surface area contributed by atoms with Crippen molar-refractivity contribution in [3.8, 4) is 0 Å². The lowest BCUT2D eigenvalue weighted by atomic mass is 10.3. The Labute approximate surface area is 84.0 Å². The molecule has 0 heterocycles. The molecule has 0 bridgehead atoms. The molecule has 0 aromatic heterocycles. The number of carboxylic acids is 2. The van der Waals surface area contributed by atoms with Gasteiger partial charge in [-0.2, -0.15) is 0 Å². The van der Waals surface area contributed by atoms with E-state index < -0.39 is 18.0 Å². The van der Waals surface area contributed by atoms with Crippen LogP contribution in [0.4, 0.5) is 0 Å². The van der Waals surface area contributed by atoms with Gasteiger partial charge < -0.3 is 15.5 Å². The quantitative estimate of drug-likeness (QED) is 0.394. The molecule has 0 rings (SSSR count). The van der Waals surface area contributed by atoms with E-state index in [-0.39, 0.29) is 5.75 Å². The van der Waals surface area contributed by atoms with Gasteiger partial charge in [0.25, 0.3) is 0 Å². The Morgan fingerprint density at radius 1 is 1.43 bits per heavy atom. The van der Waals surface area contributed by atoms with Crippen molar-refractivity contribution in [2.45, 2.75) is 6.04 Å². The molecule has 0 aromatic carbocycles. The van der Waals surface area contributed by atoms with Crippen molar-refractivity contribution in [3.05, 3.63) is 11.5 Å². The predicted octanol–water partition coefficient (Wildman–Crippen LogP) is -0.483. The molecule has 0 aromatic rings. The van der Waals surface area contributed by atoms with E-state index in [1.54, 1.807) is 0 Å². The molecule has 0 radical (unpaired) electrons. The largest absolute Gasteiger partial charge is 0.480 e. The minimum atomic E-state index is -1.16. The summed E-state index contributed by atoms with van der Waals surface area (Å²) in [5, 5.41) is 20.1. The molecule has 0 fully saturated rings. The van der Waals surface area contributed by atoms with Crippen LogP contribution in [0.15, 0.2) is 11.5 Å². The summed E-state index contributed by atoms with van der Waals surface area (Å²) in [6.45, 7) is 0. The molecular weight excluding hydrogens is 210 g/mol. The monoisotopic (exact) mass is 219 g/mol. The number of nitrogens with one attached hydrogen (secondary N) is 1. The number of carbonyl (C=O) groups excluding carboxylic acids is 1. The highest BCUT2D eigenvalue weighted by atomic mass is 32.2. The van der Waals surface area contributed by atoms with E-state index in [9.17, 15) is 14.4 Å². The topological polar surface area (TPSA) is 104 Å². The molecule has 0 aliphatic carbocycles. The molecule has 0 aliphatic rings. The molecule has 1 amide bonds. The first-order chi connectivity index (χ1) is 6.57. The van der Waals surface area contributed by atoms with E-state index in [0.29, 0.717) is 6.41 Å². The second-order valence-electron chi connectivity index (χ2n) is 2.15. The van der Waals surface area contributed by atoms with Gasteiger partial charge in [-0.1, -0.05) is 0 Å². The number of aliphatic carboxylic acids is 2. The van der Waals surface area contributed by atoms with Gasteiger partial charge in [0, 0.05) is 11.8 Å². The van der Waals surface area contributed by atoms with Crippen molar-refractivity contribution >= 4 is 30.1 Å². The summed E-state index contributed by atoms with van der Waals surface area (Å²) in [6, 6.07) is -1.00. The zero-order valence-corrected chi connectivity index (χ0v) is 7.86. The fourth-order valence-corrected chi connectivity index (χ4v) is 1.29. The first-order valence-electron chi connectivity index (χ1n) is 3.51. The number of hydrogen-bond acceptors (Lipinski definition) is 4. The maximum atomic E-state index is 10.4. The Morgan fingerprint density at radius 3 is 2.50 bits per heavy atom. The van der Waals surface area contributed by atoms with Crippen LogP contribution in [-0.4, -0.2) is 40.4 Å². The first-order valence-corrected chi connectivity index (χ1v) is 4.56. The first kappa shape index (κ1) is 12.5. The number of carboxylic acid groups (broad SMARTS) is 2. The third-order valence-electron chi connectivity index (χ3n) is 1.14. The van der Waals surface area contributed by atoms with E-state index >= 15 is 0 Å². The summed E-state index contributed by atoms with van der Waals surface area (Å²) in [5.74, 6) is -2.18. The van der Waals surface area contributed by atoms with E-state index in [1.807, 2.05) is 0 Å². The van der Waals surface area contributed by atoms with Gasteiger partial charge in [-0.3, -0.25) is 4.79 Å². The van der Waals surface area contributed by atoms with Crippen molar-refractivity contribution < 1.29 is 24.6 Å². The Bertz CT molecular complexity index is 252. The standard InChI is InChI=1S/C7H9NO5S/c9-4-8-5(7(12)13)3-14-2-1-6(10)11/h1-2,4-5H,3H2,(H,8,9)(H,10,11)(H,12,13)/b2-1+. The maximum absolute atomic E-state index is 10.4. The molecule has 0 saturated carbocycles. The van der Waals surface area contributed by atoms with Crippen LogP contribution in [0.25, 0.3) is 0 Å². The van der Waals surface area contributed by atoms with Gasteiger partial charge >= 0.3 is 11.9 Å². The highest BCUT2D eigenvalue weighted by Crippen LogP contribution is 2.04. The Hall–Kier alpha value is -1.50. The minimum Gasteiger partial charge on any atom is -0.480 e. The number of carbonyl (C=O) groups is 3. The zero-order chi connectivity index (χ0) is 11.0. The highest BCUT2D eigenvalue weighted by Gasteiger charge is 2.14. The third-order valence-corrected chi connectivity index (χ3v) is 1.99. The van der Waals surface area contributed by atoms with E-state index in [2.05, 4.69) is 5.32 Å². The van der Waals surface area contributed by atoms with E-state index in [1.165, 1.54) is 5.41 Å². The lowest BCUT2D eigenvalue weighted by Crippen LogP contribution is -2.37. The fraction of sp³-hybridized carbons (Fsp3) is 0.286. The predicted molar refractivity (Wildman–Crippen MR) is 49.9 cm³/mol. The van der Waals surface area contributed by atoms with Gasteiger partial charge in [-0.25, -0.2) is 9.59 Å². The fourth-order valence-electron chi connectivity index (χ4n) is 0.531. The Balaban J connectivity index is 3.88. The lowest BCUT2D eigenvalue weighted by molar-refractivity contribution is -0.139. The van der Waals surface area contributed by atoms with Crippen molar-refractivity contribution in [3.63, 3.8) is 0 Å². The van der Waals surface area contributed by atoms with Crippen molar-refractivity contribution in [1.29, 1.82) is 0 Å². The van der Waals surface area contributed by atoms with Crippen molar-refractivity contribution in [2.24, 2.45) is 0 Å². The van der Waals surface area contributed by atoms with Crippen LogP contribution in [0.5, 0.6) is 0 Å². The average Bonchev–Trinajstić information content (AvgIpc) is 2.09. The van der Waals surface area contributed by atoms with Crippen LogP contribution in [0.1, 0.15) is 0 Å². The Kier molecular flexibility index (Phi) is 6.21. The molecule has 0 saturated heterocycles. The van der Waals surface area contributed by atoms with Gasteiger partial charge in [-0.15, -0.1) is 11.8 Å². The van der Waals surface area contributed by atoms with Gasteiger partial charge in [0.1, 0.15) is 6.04 Å². The molecule has 14 heavy (non-hydrogen) atoms. The second kappa shape index (κ2) is 6.96. The summed E-state index contributed by atoms with van der Waals surface area (Å²) in [5.41, 5.74) is 0. The minimum absolute atomic E-state index is 0.0812. The second-order valence-corrected chi connectivity index (χ2v) is 3.09. The molecule has 7 heteroatoms. The van der Waals surface area contributed by atoms with Crippen LogP contribution < -0.4 is 5.32 Å². The molecular formula is C7H9NO5S. The summed E-state index contributed by atoms with van der Waals surface area (Å²) < 4.78 is 0. The third kappa shape index (κ3) is 6.06. The summed E-state index contributed by atoms with van der Waals surface area (Å²) >= 11 is 0.994. The van der Waals surface area contributed by atoms with E-state index in [0.717, 1.165) is 17.8 Å². The van der Waals surface area contributed by atoms with Crippen molar-refractivity contribution in [2.75, 3.05) is 5.75 Å². The highest BCUT2D eigenvalue weighted by molar-refractivity contribution is 8.02.